The Morgan fingerprint density at radius 2 is 1.74 bits per heavy atom. The molecule has 0 atom stereocenters. The lowest BCUT2D eigenvalue weighted by Crippen LogP contribution is -2.11. The summed E-state index contributed by atoms with van der Waals surface area (Å²) < 4.78 is 13.9. The smallest absolute Gasteiger partial charge is 0.196 e. The van der Waals surface area contributed by atoms with Crippen molar-refractivity contribution in [2.75, 3.05) is 14.1 Å². The van der Waals surface area contributed by atoms with Crippen LogP contribution in [-0.2, 0) is 0 Å². The highest BCUT2D eigenvalue weighted by molar-refractivity contribution is 6.31. The Balaban J connectivity index is 2.50. The molecule has 3 nitrogen and oxygen atoms in total. The normalized spacial score (nSPS) is 10.8. The molecule has 0 aromatic heterocycles. The third kappa shape index (κ3) is 4.05. The molecule has 0 saturated carbocycles. The highest BCUT2D eigenvalue weighted by Gasteiger charge is 2.20. The zero-order valence-corrected chi connectivity index (χ0v) is 13.5. The summed E-state index contributed by atoms with van der Waals surface area (Å²) in [5, 5.41) is 0.304. The minimum absolute atomic E-state index is 0.0796. The van der Waals surface area contributed by atoms with Gasteiger partial charge in [0.2, 0.25) is 0 Å². The zero-order chi connectivity index (χ0) is 17.0. The number of allylic oxidation sites excluding steroid dienone is 1. The molecule has 0 bridgehead atoms. The molecule has 2 aromatic carbocycles. The number of rotatable bonds is 5. The van der Waals surface area contributed by atoms with Gasteiger partial charge in [-0.3, -0.25) is 9.59 Å². The van der Waals surface area contributed by atoms with Crippen LogP contribution in [0.15, 0.2) is 54.7 Å². The van der Waals surface area contributed by atoms with Crippen LogP contribution in [-0.4, -0.2) is 30.6 Å². The third-order valence-corrected chi connectivity index (χ3v) is 3.37. The van der Waals surface area contributed by atoms with E-state index in [0.717, 1.165) is 0 Å². The predicted octanol–water partition coefficient (Wildman–Crippen LogP) is 3.97. The molecule has 0 spiro atoms. The van der Waals surface area contributed by atoms with Gasteiger partial charge in [0.25, 0.3) is 0 Å². The summed E-state index contributed by atoms with van der Waals surface area (Å²) in [5.41, 5.74) is 0.164. The molecular weight excluding hydrogens is 317 g/mol. The second-order valence-corrected chi connectivity index (χ2v) is 5.58. The number of nitrogens with zero attached hydrogens (tertiary/aromatic N) is 1. The molecule has 2 rings (SSSR count). The van der Waals surface area contributed by atoms with Gasteiger partial charge in [0.1, 0.15) is 5.82 Å². The van der Waals surface area contributed by atoms with Crippen LogP contribution in [0.5, 0.6) is 0 Å². The van der Waals surface area contributed by atoms with E-state index in [4.69, 9.17) is 11.6 Å². The molecule has 0 amide bonds. The van der Waals surface area contributed by atoms with Crippen LogP contribution in [0.4, 0.5) is 4.39 Å². The van der Waals surface area contributed by atoms with Crippen molar-refractivity contribution in [3.8, 4) is 0 Å². The molecule has 0 aliphatic rings. The van der Waals surface area contributed by atoms with Gasteiger partial charge in [0.05, 0.1) is 5.56 Å². The van der Waals surface area contributed by atoms with E-state index in [1.165, 1.54) is 42.5 Å². The standard InChI is InChI=1S/C18H15ClFNO2/c1-21(2)10-9-17(22)13-8-7-12(19)11-15(13)18(23)14-5-3-4-6-16(14)20/h3-11H,1-2H3/b10-9+. The number of halogens is 2. The van der Waals surface area contributed by atoms with E-state index in [0.29, 0.717) is 5.02 Å². The highest BCUT2D eigenvalue weighted by Crippen LogP contribution is 2.22. The average molecular weight is 332 g/mol. The minimum Gasteiger partial charge on any atom is -0.383 e. The second-order valence-electron chi connectivity index (χ2n) is 5.14. The first-order chi connectivity index (χ1) is 10.9. The molecular formula is C18H15ClFNO2. The molecule has 0 radical (unpaired) electrons. The molecule has 0 unspecified atom stereocenters. The maximum Gasteiger partial charge on any atom is 0.196 e. The van der Waals surface area contributed by atoms with Crippen LogP contribution in [0, 0.1) is 5.82 Å². The lowest BCUT2D eigenvalue weighted by atomic mass is 9.95. The Hall–Kier alpha value is -2.46. The van der Waals surface area contributed by atoms with Crippen LogP contribution in [0.3, 0.4) is 0 Å². The van der Waals surface area contributed by atoms with Crippen molar-refractivity contribution < 1.29 is 14.0 Å². The quantitative estimate of drug-likeness (QED) is 0.614. The van der Waals surface area contributed by atoms with E-state index < -0.39 is 11.6 Å². The van der Waals surface area contributed by atoms with E-state index in [9.17, 15) is 14.0 Å². The van der Waals surface area contributed by atoms with Gasteiger partial charge in [0, 0.05) is 42.5 Å². The first kappa shape index (κ1) is 16.9. The van der Waals surface area contributed by atoms with Gasteiger partial charge in [-0.2, -0.15) is 0 Å². The Morgan fingerprint density at radius 3 is 2.39 bits per heavy atom. The number of carbonyl (C=O) groups is 2. The Morgan fingerprint density at radius 1 is 1.04 bits per heavy atom. The van der Waals surface area contributed by atoms with Crippen molar-refractivity contribution in [3.05, 3.63) is 82.3 Å². The number of ketones is 2. The van der Waals surface area contributed by atoms with Gasteiger partial charge in [-0.1, -0.05) is 23.7 Å². The first-order valence-corrected chi connectivity index (χ1v) is 7.25. The van der Waals surface area contributed by atoms with E-state index in [1.54, 1.807) is 31.3 Å². The molecule has 0 heterocycles. The number of hydrogen-bond donors (Lipinski definition) is 0. The lowest BCUT2D eigenvalue weighted by molar-refractivity contribution is 0.100. The van der Waals surface area contributed by atoms with E-state index in [2.05, 4.69) is 0 Å². The van der Waals surface area contributed by atoms with Crippen LogP contribution in [0.25, 0.3) is 0 Å². The summed E-state index contributed by atoms with van der Waals surface area (Å²) in [6.45, 7) is 0. The maximum atomic E-state index is 13.9. The van der Waals surface area contributed by atoms with Gasteiger partial charge >= 0.3 is 0 Å². The fraction of sp³-hybridized carbons (Fsp3) is 0.111. The topological polar surface area (TPSA) is 37.4 Å². The molecule has 2 aromatic rings. The highest BCUT2D eigenvalue weighted by atomic mass is 35.5. The Kier molecular flexibility index (Phi) is 5.29. The van der Waals surface area contributed by atoms with Gasteiger partial charge in [-0.15, -0.1) is 0 Å². The van der Waals surface area contributed by atoms with Gasteiger partial charge in [0.15, 0.2) is 11.6 Å². The van der Waals surface area contributed by atoms with Crippen molar-refractivity contribution in [3.63, 3.8) is 0 Å². The zero-order valence-electron chi connectivity index (χ0n) is 12.7. The summed E-state index contributed by atoms with van der Waals surface area (Å²) in [6, 6.07) is 10.0. The fourth-order valence-corrected chi connectivity index (χ4v) is 2.19. The summed E-state index contributed by atoms with van der Waals surface area (Å²) >= 11 is 5.94. The summed E-state index contributed by atoms with van der Waals surface area (Å²) in [6.07, 6.45) is 2.93. The summed E-state index contributed by atoms with van der Waals surface area (Å²) in [4.78, 5) is 26.6. The predicted molar refractivity (Wildman–Crippen MR) is 88.4 cm³/mol. The minimum atomic E-state index is -0.639. The van der Waals surface area contributed by atoms with Crippen molar-refractivity contribution >= 4 is 23.2 Å². The number of benzene rings is 2. The van der Waals surface area contributed by atoms with Crippen molar-refractivity contribution in [2.45, 2.75) is 0 Å². The number of carbonyl (C=O) groups excluding carboxylic acids is 2. The SMILES string of the molecule is CN(C)/C=C/C(=O)c1ccc(Cl)cc1C(=O)c1ccccc1F. The lowest BCUT2D eigenvalue weighted by Gasteiger charge is -2.09. The maximum absolute atomic E-state index is 13.9. The third-order valence-electron chi connectivity index (χ3n) is 3.13. The molecule has 0 aliphatic heterocycles. The first-order valence-electron chi connectivity index (χ1n) is 6.88. The largest absolute Gasteiger partial charge is 0.383 e. The van der Waals surface area contributed by atoms with Crippen LogP contribution in [0.2, 0.25) is 5.02 Å². The fourth-order valence-electron chi connectivity index (χ4n) is 2.02. The van der Waals surface area contributed by atoms with Gasteiger partial charge in [-0.25, -0.2) is 4.39 Å². The van der Waals surface area contributed by atoms with Crippen LogP contribution < -0.4 is 0 Å². The monoisotopic (exact) mass is 331 g/mol. The summed E-state index contributed by atoms with van der Waals surface area (Å²) in [5.74, 6) is -1.57. The van der Waals surface area contributed by atoms with Crippen LogP contribution in [0.1, 0.15) is 26.3 Å². The van der Waals surface area contributed by atoms with Crippen molar-refractivity contribution in [1.29, 1.82) is 0 Å². The molecule has 0 fully saturated rings. The Bertz CT molecular complexity index is 784. The van der Waals surface area contributed by atoms with E-state index in [1.807, 2.05) is 0 Å². The summed E-state index contributed by atoms with van der Waals surface area (Å²) in [7, 11) is 3.55. The molecule has 23 heavy (non-hydrogen) atoms. The van der Waals surface area contributed by atoms with Gasteiger partial charge in [-0.05, 0) is 30.3 Å². The van der Waals surface area contributed by atoms with E-state index in [-0.39, 0.29) is 22.5 Å². The van der Waals surface area contributed by atoms with Crippen molar-refractivity contribution in [2.24, 2.45) is 0 Å². The van der Waals surface area contributed by atoms with Crippen molar-refractivity contribution in [1.82, 2.24) is 4.90 Å². The Labute approximate surface area is 139 Å². The molecule has 0 aliphatic carbocycles. The van der Waals surface area contributed by atoms with Crippen LogP contribution >= 0.6 is 11.6 Å². The van der Waals surface area contributed by atoms with E-state index >= 15 is 0 Å². The molecule has 0 N–H and O–H groups in total. The average Bonchev–Trinajstić information content (AvgIpc) is 2.52. The molecule has 0 saturated heterocycles. The molecule has 5 heteroatoms. The van der Waals surface area contributed by atoms with Gasteiger partial charge < -0.3 is 4.90 Å². The number of hydrogen-bond acceptors (Lipinski definition) is 3. The second kappa shape index (κ2) is 7.20. The molecule has 118 valence electrons.